The Balaban J connectivity index is 2.38. The molecule has 4 heteroatoms. The van der Waals surface area contributed by atoms with Gasteiger partial charge in [0.15, 0.2) is 5.96 Å². The van der Waals surface area contributed by atoms with Crippen molar-refractivity contribution in [2.75, 3.05) is 13.2 Å². The molecule has 0 radical (unpaired) electrons. The van der Waals surface area contributed by atoms with Crippen molar-refractivity contribution >= 4 is 5.96 Å². The van der Waals surface area contributed by atoms with Crippen LogP contribution in [-0.2, 0) is 6.54 Å². The van der Waals surface area contributed by atoms with Crippen molar-refractivity contribution in [2.24, 2.45) is 16.6 Å². The maximum atomic E-state index is 5.79. The Morgan fingerprint density at radius 1 is 1.30 bits per heavy atom. The van der Waals surface area contributed by atoms with Crippen LogP contribution in [0.25, 0.3) is 0 Å². The van der Waals surface area contributed by atoms with Crippen molar-refractivity contribution in [1.82, 2.24) is 5.32 Å². The number of benzene rings is 1. The Bertz CT molecular complexity index is 399. The van der Waals surface area contributed by atoms with Gasteiger partial charge >= 0.3 is 0 Å². The summed E-state index contributed by atoms with van der Waals surface area (Å²) in [6.45, 7) is 8.64. The van der Waals surface area contributed by atoms with Crippen LogP contribution in [0.4, 0.5) is 0 Å². The van der Waals surface area contributed by atoms with Crippen LogP contribution in [0.5, 0.6) is 5.75 Å². The van der Waals surface area contributed by atoms with E-state index in [2.05, 4.69) is 31.1 Å². The fraction of sp³-hybridized carbons (Fsp3) is 0.562. The van der Waals surface area contributed by atoms with Crippen LogP contribution in [0.15, 0.2) is 29.3 Å². The van der Waals surface area contributed by atoms with Gasteiger partial charge in [0.05, 0.1) is 13.2 Å². The van der Waals surface area contributed by atoms with Crippen molar-refractivity contribution < 1.29 is 4.74 Å². The van der Waals surface area contributed by atoms with E-state index in [9.17, 15) is 0 Å². The van der Waals surface area contributed by atoms with E-state index in [4.69, 9.17) is 10.5 Å². The summed E-state index contributed by atoms with van der Waals surface area (Å²) in [7, 11) is 0. The molecule has 0 spiro atoms. The molecule has 0 aliphatic carbocycles. The van der Waals surface area contributed by atoms with Gasteiger partial charge < -0.3 is 15.8 Å². The van der Waals surface area contributed by atoms with Gasteiger partial charge in [-0.05, 0) is 30.0 Å². The van der Waals surface area contributed by atoms with Gasteiger partial charge in [-0.3, -0.25) is 0 Å². The Morgan fingerprint density at radius 3 is 2.60 bits per heavy atom. The predicted octanol–water partition coefficient (Wildman–Crippen LogP) is 2.93. The lowest BCUT2D eigenvalue weighted by atomic mass is 10.2. The molecule has 0 aliphatic rings. The zero-order valence-corrected chi connectivity index (χ0v) is 12.9. The molecule has 0 aromatic heterocycles. The summed E-state index contributed by atoms with van der Waals surface area (Å²) < 4.78 is 5.64. The first-order valence-electron chi connectivity index (χ1n) is 7.37. The van der Waals surface area contributed by atoms with E-state index in [1.54, 1.807) is 0 Å². The molecule has 20 heavy (non-hydrogen) atoms. The molecule has 1 rings (SSSR count). The highest BCUT2D eigenvalue weighted by atomic mass is 16.5. The van der Waals surface area contributed by atoms with E-state index in [1.165, 1.54) is 0 Å². The minimum absolute atomic E-state index is 0.513. The summed E-state index contributed by atoms with van der Waals surface area (Å²) in [6, 6.07) is 8.01. The molecule has 0 heterocycles. The molecule has 1 aromatic carbocycles. The van der Waals surface area contributed by atoms with Crippen LogP contribution in [0.2, 0.25) is 0 Å². The molecule has 0 unspecified atom stereocenters. The summed E-state index contributed by atoms with van der Waals surface area (Å²) in [6.07, 6.45) is 2.26. The minimum atomic E-state index is 0.513. The van der Waals surface area contributed by atoms with E-state index >= 15 is 0 Å². The molecule has 112 valence electrons. The van der Waals surface area contributed by atoms with E-state index in [0.717, 1.165) is 37.3 Å². The number of nitrogens with two attached hydrogens (primary N) is 1. The van der Waals surface area contributed by atoms with Gasteiger partial charge in [-0.1, -0.05) is 39.3 Å². The minimum Gasteiger partial charge on any atom is -0.493 e. The number of rotatable bonds is 8. The number of ether oxygens (including phenoxy) is 1. The molecule has 0 amide bonds. The lowest BCUT2D eigenvalue weighted by Gasteiger charge is -2.09. The van der Waals surface area contributed by atoms with Gasteiger partial charge in [-0.25, -0.2) is 4.99 Å². The molecule has 3 N–H and O–H groups in total. The Labute approximate surface area is 122 Å². The Morgan fingerprint density at radius 2 is 2.00 bits per heavy atom. The van der Waals surface area contributed by atoms with Crippen LogP contribution < -0.4 is 15.8 Å². The second kappa shape index (κ2) is 9.23. The standard InChI is InChI=1S/C16H27N3O/c1-4-5-10-18-16(17)19-11-14-6-8-15(9-7-14)20-12-13(2)3/h6-9,13H,4-5,10-12H2,1-3H3,(H3,17,18,19). The van der Waals surface area contributed by atoms with Crippen molar-refractivity contribution in [3.05, 3.63) is 29.8 Å². The third-order valence-corrected chi connectivity index (χ3v) is 2.78. The largest absolute Gasteiger partial charge is 0.493 e. The maximum absolute atomic E-state index is 5.79. The number of hydrogen-bond donors (Lipinski definition) is 2. The van der Waals surface area contributed by atoms with Gasteiger partial charge in [0, 0.05) is 6.54 Å². The summed E-state index contributed by atoms with van der Waals surface area (Å²) >= 11 is 0. The molecule has 0 fully saturated rings. The van der Waals surface area contributed by atoms with Crippen LogP contribution >= 0.6 is 0 Å². The average molecular weight is 277 g/mol. The number of aliphatic imine (C=N–C) groups is 1. The number of hydrogen-bond acceptors (Lipinski definition) is 2. The molecule has 0 bridgehead atoms. The van der Waals surface area contributed by atoms with Crippen molar-refractivity contribution in [1.29, 1.82) is 0 Å². The highest BCUT2D eigenvalue weighted by molar-refractivity contribution is 5.77. The summed E-state index contributed by atoms with van der Waals surface area (Å²) in [5.41, 5.74) is 6.91. The molecular formula is C16H27N3O. The molecule has 0 atom stereocenters. The summed E-state index contributed by atoms with van der Waals surface area (Å²) in [4.78, 5) is 4.31. The number of nitrogens with one attached hydrogen (secondary N) is 1. The van der Waals surface area contributed by atoms with Crippen LogP contribution in [0.1, 0.15) is 39.2 Å². The first-order chi connectivity index (χ1) is 9.61. The van der Waals surface area contributed by atoms with E-state index in [0.29, 0.717) is 18.4 Å². The molecule has 0 saturated heterocycles. The first-order valence-corrected chi connectivity index (χ1v) is 7.37. The van der Waals surface area contributed by atoms with Gasteiger partial charge in [0.1, 0.15) is 5.75 Å². The second-order valence-electron chi connectivity index (χ2n) is 5.33. The maximum Gasteiger partial charge on any atom is 0.188 e. The summed E-state index contributed by atoms with van der Waals surface area (Å²) in [5.74, 6) is 1.95. The van der Waals surface area contributed by atoms with Crippen molar-refractivity contribution in [3.8, 4) is 5.75 Å². The quantitative estimate of drug-likeness (QED) is 0.436. The average Bonchev–Trinajstić information content (AvgIpc) is 2.44. The van der Waals surface area contributed by atoms with Crippen LogP contribution in [0.3, 0.4) is 0 Å². The second-order valence-corrected chi connectivity index (χ2v) is 5.33. The lowest BCUT2D eigenvalue weighted by molar-refractivity contribution is 0.271. The third kappa shape index (κ3) is 7.02. The normalized spacial score (nSPS) is 11.7. The van der Waals surface area contributed by atoms with Crippen molar-refractivity contribution in [3.63, 3.8) is 0 Å². The molecular weight excluding hydrogens is 250 g/mol. The molecule has 4 nitrogen and oxygen atoms in total. The van der Waals surface area contributed by atoms with Crippen LogP contribution in [0, 0.1) is 5.92 Å². The predicted molar refractivity (Wildman–Crippen MR) is 85.0 cm³/mol. The Kier molecular flexibility index (Phi) is 7.55. The molecule has 1 aromatic rings. The molecule has 0 aliphatic heterocycles. The van der Waals surface area contributed by atoms with E-state index in [-0.39, 0.29) is 0 Å². The first kappa shape index (κ1) is 16.3. The van der Waals surface area contributed by atoms with E-state index < -0.39 is 0 Å². The fourth-order valence-corrected chi connectivity index (χ4v) is 1.58. The number of guanidine groups is 1. The van der Waals surface area contributed by atoms with Gasteiger partial charge in [0.2, 0.25) is 0 Å². The lowest BCUT2D eigenvalue weighted by Crippen LogP contribution is -2.32. The van der Waals surface area contributed by atoms with Gasteiger partial charge in [0.25, 0.3) is 0 Å². The summed E-state index contributed by atoms with van der Waals surface area (Å²) in [5, 5.41) is 3.10. The zero-order chi connectivity index (χ0) is 14.8. The zero-order valence-electron chi connectivity index (χ0n) is 12.9. The van der Waals surface area contributed by atoms with Gasteiger partial charge in [-0.2, -0.15) is 0 Å². The highest BCUT2D eigenvalue weighted by Crippen LogP contribution is 2.13. The monoisotopic (exact) mass is 277 g/mol. The van der Waals surface area contributed by atoms with Crippen molar-refractivity contribution in [2.45, 2.75) is 40.2 Å². The highest BCUT2D eigenvalue weighted by Gasteiger charge is 1.98. The Hall–Kier alpha value is -1.71. The topological polar surface area (TPSA) is 59.6 Å². The third-order valence-electron chi connectivity index (χ3n) is 2.78. The van der Waals surface area contributed by atoms with E-state index in [1.807, 2.05) is 24.3 Å². The SMILES string of the molecule is CCCCNC(N)=NCc1ccc(OCC(C)C)cc1. The number of nitrogens with zero attached hydrogens (tertiary/aromatic N) is 1. The smallest absolute Gasteiger partial charge is 0.188 e. The molecule has 0 saturated carbocycles. The van der Waals surface area contributed by atoms with Crippen LogP contribution in [-0.4, -0.2) is 19.1 Å². The van der Waals surface area contributed by atoms with Gasteiger partial charge in [-0.15, -0.1) is 0 Å². The number of unbranched alkanes of at least 4 members (excludes halogenated alkanes) is 1. The fourth-order valence-electron chi connectivity index (χ4n) is 1.58.